The number of aromatic amines is 1. The number of pyridine rings is 1. The van der Waals surface area contributed by atoms with Crippen molar-refractivity contribution in [3.8, 4) is 0 Å². The monoisotopic (exact) mass is 439 g/mol. The number of ketones is 1. The zero-order valence-electron chi connectivity index (χ0n) is 16.1. The third kappa shape index (κ3) is 3.86. The molecule has 2 aromatic heterocycles. The second-order valence-electron chi connectivity index (χ2n) is 6.97. The smallest absolute Gasteiger partial charge is 0.206 e. The van der Waals surface area contributed by atoms with Gasteiger partial charge in [-0.05, 0) is 54.8 Å². The number of nitrogens with zero attached hydrogens (tertiary/aromatic N) is 2. The Hall–Kier alpha value is -3.03. The van der Waals surface area contributed by atoms with Crippen LogP contribution in [0, 0.1) is 6.92 Å². The maximum Gasteiger partial charge on any atom is 0.206 e. The van der Waals surface area contributed by atoms with Gasteiger partial charge >= 0.3 is 0 Å². The van der Waals surface area contributed by atoms with E-state index in [-0.39, 0.29) is 15.6 Å². The Balaban J connectivity index is 1.48. The van der Waals surface area contributed by atoms with Gasteiger partial charge in [0.1, 0.15) is 0 Å². The second-order valence-corrected chi connectivity index (χ2v) is 9.29. The fourth-order valence-corrected chi connectivity index (χ4v) is 4.98. The number of carbonyl (C=O) groups is 1. The molecule has 6 nitrogen and oxygen atoms in total. The van der Waals surface area contributed by atoms with Crippen LogP contribution in [-0.4, -0.2) is 29.4 Å². The van der Waals surface area contributed by atoms with Gasteiger partial charge in [0.25, 0.3) is 0 Å². The lowest BCUT2D eigenvalue weighted by Crippen LogP contribution is -2.05. The van der Waals surface area contributed by atoms with E-state index in [0.717, 1.165) is 10.9 Å². The highest BCUT2D eigenvalue weighted by Crippen LogP contribution is 2.28. The van der Waals surface area contributed by atoms with E-state index < -0.39 is 9.84 Å². The minimum absolute atomic E-state index is 0.0307. The van der Waals surface area contributed by atoms with E-state index in [2.05, 4.69) is 15.2 Å². The number of Topliss-reactive ketones (excluding diaryl/α,β-unsaturated/α-hetero) is 1. The average Bonchev–Trinajstić information content (AvgIpc) is 3.22. The quantitative estimate of drug-likeness (QED) is 0.444. The van der Waals surface area contributed by atoms with Gasteiger partial charge in [-0.25, -0.2) is 13.4 Å². The molecule has 0 aliphatic rings. The summed E-state index contributed by atoms with van der Waals surface area (Å²) in [6, 6.07) is 13.2. The summed E-state index contributed by atoms with van der Waals surface area (Å²) in [5, 5.41) is 7.85. The molecule has 0 aliphatic carbocycles. The van der Waals surface area contributed by atoms with E-state index in [4.69, 9.17) is 11.6 Å². The zero-order valence-corrected chi connectivity index (χ0v) is 17.7. The number of nitrogens with one attached hydrogen (secondary N) is 1. The summed E-state index contributed by atoms with van der Waals surface area (Å²) in [6.45, 7) is 1.69. The predicted octanol–water partition coefficient (Wildman–Crippen LogP) is 4.57. The Labute approximate surface area is 178 Å². The Kier molecular flexibility index (Phi) is 5.40. The van der Waals surface area contributed by atoms with Crippen molar-refractivity contribution in [2.75, 3.05) is 0 Å². The van der Waals surface area contributed by atoms with Gasteiger partial charge in [0.15, 0.2) is 11.4 Å². The molecule has 2 aromatic carbocycles. The number of fused-ring (bicyclic) bond motifs is 1. The van der Waals surface area contributed by atoms with E-state index >= 15 is 0 Å². The fourth-order valence-electron chi connectivity index (χ4n) is 3.23. The summed E-state index contributed by atoms with van der Waals surface area (Å²) < 4.78 is 25.9. The number of rotatable bonds is 6. The molecule has 0 spiro atoms. The Morgan fingerprint density at radius 2 is 1.87 bits per heavy atom. The molecule has 30 heavy (non-hydrogen) atoms. The van der Waals surface area contributed by atoms with E-state index in [1.54, 1.807) is 61.7 Å². The van der Waals surface area contributed by atoms with Crippen LogP contribution >= 0.6 is 11.6 Å². The molecule has 0 unspecified atom stereocenters. The molecule has 0 saturated heterocycles. The highest BCUT2D eigenvalue weighted by atomic mass is 35.5. The van der Waals surface area contributed by atoms with Crippen molar-refractivity contribution in [2.24, 2.45) is 0 Å². The van der Waals surface area contributed by atoms with E-state index in [9.17, 15) is 13.2 Å². The van der Waals surface area contributed by atoms with E-state index in [1.807, 2.05) is 0 Å². The van der Waals surface area contributed by atoms with E-state index in [0.29, 0.717) is 34.6 Å². The van der Waals surface area contributed by atoms with Crippen LogP contribution in [0.3, 0.4) is 0 Å². The third-order valence-electron chi connectivity index (χ3n) is 5.00. The number of aryl methyl sites for hydroxylation is 1. The fraction of sp³-hybridized carbons (Fsp3) is 0.136. The number of benzene rings is 2. The van der Waals surface area contributed by atoms with Crippen molar-refractivity contribution in [3.05, 3.63) is 82.6 Å². The SMILES string of the molecule is Cc1c(Cl)cccc1S(=O)(=O)c1ccc(CCC(=O)c2cnc3[nH]ncc3c2)cc1. The minimum Gasteiger partial charge on any atom is -0.294 e. The van der Waals surface area contributed by atoms with Gasteiger partial charge in [-0.1, -0.05) is 29.8 Å². The van der Waals surface area contributed by atoms with Crippen molar-refractivity contribution in [1.29, 1.82) is 0 Å². The van der Waals surface area contributed by atoms with Gasteiger partial charge < -0.3 is 0 Å². The molecule has 0 aliphatic heterocycles. The third-order valence-corrected chi connectivity index (χ3v) is 7.32. The Morgan fingerprint density at radius 3 is 2.63 bits per heavy atom. The van der Waals surface area contributed by atoms with Crippen LogP contribution < -0.4 is 0 Å². The topological polar surface area (TPSA) is 92.8 Å². The molecule has 0 bridgehead atoms. The first-order valence-corrected chi connectivity index (χ1v) is 11.1. The van der Waals surface area contributed by atoms with Crippen LogP contribution in [-0.2, 0) is 16.3 Å². The molecular formula is C22H18ClN3O3S. The van der Waals surface area contributed by atoms with Gasteiger partial charge in [0.05, 0.1) is 16.0 Å². The van der Waals surface area contributed by atoms with Crippen molar-refractivity contribution in [2.45, 2.75) is 29.6 Å². The lowest BCUT2D eigenvalue weighted by atomic mass is 10.0. The first kappa shape index (κ1) is 20.3. The molecule has 0 saturated carbocycles. The molecule has 0 atom stereocenters. The van der Waals surface area contributed by atoms with Crippen LogP contribution in [0.5, 0.6) is 0 Å². The van der Waals surface area contributed by atoms with Crippen LogP contribution in [0.1, 0.15) is 27.9 Å². The van der Waals surface area contributed by atoms with Crippen molar-refractivity contribution in [1.82, 2.24) is 15.2 Å². The lowest BCUT2D eigenvalue weighted by molar-refractivity contribution is 0.0982. The minimum atomic E-state index is -3.67. The highest BCUT2D eigenvalue weighted by Gasteiger charge is 2.21. The maximum absolute atomic E-state index is 12.9. The molecule has 4 aromatic rings. The Morgan fingerprint density at radius 1 is 1.10 bits per heavy atom. The molecule has 1 N–H and O–H groups in total. The standard InChI is InChI=1S/C22H18ClN3O3S/c1-14-19(23)3-2-4-21(14)30(28,29)18-8-5-15(6-9-18)7-10-20(27)16-11-17-13-25-26-22(17)24-12-16/h2-6,8-9,11-13H,7,10H2,1H3,(H,24,25,26). The highest BCUT2D eigenvalue weighted by molar-refractivity contribution is 7.91. The maximum atomic E-state index is 12.9. The average molecular weight is 440 g/mol. The normalized spacial score (nSPS) is 11.7. The summed E-state index contributed by atoms with van der Waals surface area (Å²) in [7, 11) is -3.67. The van der Waals surface area contributed by atoms with Crippen LogP contribution in [0.15, 0.2) is 70.7 Å². The molecule has 152 valence electrons. The molecule has 0 radical (unpaired) electrons. The van der Waals surface area contributed by atoms with Crippen molar-refractivity contribution >= 4 is 38.3 Å². The second kappa shape index (κ2) is 8.01. The lowest BCUT2D eigenvalue weighted by Gasteiger charge is -2.10. The summed E-state index contributed by atoms with van der Waals surface area (Å²) in [6.07, 6.45) is 3.95. The summed E-state index contributed by atoms with van der Waals surface area (Å²) >= 11 is 6.07. The summed E-state index contributed by atoms with van der Waals surface area (Å²) in [5.74, 6) is -0.0307. The van der Waals surface area contributed by atoms with Gasteiger partial charge in [-0.15, -0.1) is 0 Å². The summed E-state index contributed by atoms with van der Waals surface area (Å²) in [5.41, 5.74) is 2.57. The van der Waals surface area contributed by atoms with Crippen molar-refractivity contribution in [3.63, 3.8) is 0 Å². The number of aromatic nitrogens is 3. The zero-order chi connectivity index (χ0) is 21.3. The molecule has 8 heteroatoms. The van der Waals surface area contributed by atoms with E-state index in [1.165, 1.54) is 6.20 Å². The summed E-state index contributed by atoms with van der Waals surface area (Å²) in [4.78, 5) is 17.1. The van der Waals surface area contributed by atoms with Crippen molar-refractivity contribution < 1.29 is 13.2 Å². The predicted molar refractivity (Wildman–Crippen MR) is 115 cm³/mol. The molecule has 0 amide bonds. The van der Waals surface area contributed by atoms with Crippen LogP contribution in [0.25, 0.3) is 11.0 Å². The van der Waals surface area contributed by atoms with Gasteiger partial charge in [-0.2, -0.15) is 5.10 Å². The van der Waals surface area contributed by atoms with Gasteiger partial charge in [0, 0.05) is 28.6 Å². The van der Waals surface area contributed by atoms with Gasteiger partial charge in [0.2, 0.25) is 9.84 Å². The number of hydrogen-bond acceptors (Lipinski definition) is 5. The van der Waals surface area contributed by atoms with Gasteiger partial charge in [-0.3, -0.25) is 9.89 Å². The first-order valence-electron chi connectivity index (χ1n) is 9.28. The number of carbonyl (C=O) groups excluding carboxylic acids is 1. The number of H-pyrrole nitrogens is 1. The number of sulfone groups is 1. The van der Waals surface area contributed by atoms with Crippen LogP contribution in [0.4, 0.5) is 0 Å². The number of halogens is 1. The number of hydrogen-bond donors (Lipinski definition) is 1. The largest absolute Gasteiger partial charge is 0.294 e. The van der Waals surface area contributed by atoms with Crippen LogP contribution in [0.2, 0.25) is 5.02 Å². The molecule has 2 heterocycles. The molecule has 0 fully saturated rings. The molecule has 4 rings (SSSR count). The Bertz CT molecular complexity index is 1350. The first-order chi connectivity index (χ1) is 14.4. The molecular weight excluding hydrogens is 422 g/mol.